The number of carboxylic acids is 1. The monoisotopic (exact) mass is 468 g/mol. The Bertz CT molecular complexity index is 1000. The Hall–Kier alpha value is -3.55. The highest BCUT2D eigenvalue weighted by Crippen LogP contribution is 2.47. The number of aliphatic carboxylic acids is 1. The van der Waals surface area contributed by atoms with Gasteiger partial charge in [0, 0.05) is 6.54 Å². The standard InChI is InChI=1S/C26H32N2O6/c1-26(2,3)34-24(31)27-16-10-9-15-21(23(29)30)28(25(32)33-4)22-19-13-7-5-11-17(19)18-12-6-8-14-20(18)22/h5-8,11-14,21-22H,9-10,15-16H2,1-4H3,(H,27,31)(H,29,30)/t21-/m0/s1. The fourth-order valence-electron chi connectivity index (χ4n) is 4.30. The average Bonchev–Trinajstić information content (AvgIpc) is 3.11. The number of methoxy groups -OCH3 is 1. The van der Waals surface area contributed by atoms with Crippen LogP contribution in [0.3, 0.4) is 0 Å². The highest BCUT2D eigenvalue weighted by molar-refractivity contribution is 5.85. The van der Waals surface area contributed by atoms with Crippen LogP contribution in [0.1, 0.15) is 57.2 Å². The minimum atomic E-state index is -1.10. The molecule has 0 aromatic heterocycles. The SMILES string of the molecule is COC(=O)N(C1c2ccccc2-c2ccccc21)[C@@H](CCCCNC(=O)OC(C)(C)C)C(=O)O. The zero-order valence-electron chi connectivity index (χ0n) is 20.0. The van der Waals surface area contributed by atoms with Gasteiger partial charge in [-0.25, -0.2) is 14.4 Å². The Labute approximate surface area is 199 Å². The molecule has 8 nitrogen and oxygen atoms in total. The zero-order valence-corrected chi connectivity index (χ0v) is 20.0. The molecule has 0 unspecified atom stereocenters. The summed E-state index contributed by atoms with van der Waals surface area (Å²) in [6.07, 6.45) is 0.0152. The Morgan fingerprint density at radius 3 is 2.06 bits per heavy atom. The summed E-state index contributed by atoms with van der Waals surface area (Å²) in [7, 11) is 1.26. The first kappa shape index (κ1) is 25.1. The molecule has 0 saturated heterocycles. The maximum atomic E-state index is 12.9. The lowest BCUT2D eigenvalue weighted by Crippen LogP contribution is -2.47. The molecule has 182 valence electrons. The minimum Gasteiger partial charge on any atom is -0.480 e. The van der Waals surface area contributed by atoms with Crippen molar-refractivity contribution < 1.29 is 29.0 Å². The fraction of sp³-hybridized carbons (Fsp3) is 0.423. The second kappa shape index (κ2) is 10.6. The predicted molar refractivity (Wildman–Crippen MR) is 127 cm³/mol. The number of amides is 2. The second-order valence-electron chi connectivity index (χ2n) is 9.23. The zero-order chi connectivity index (χ0) is 24.9. The third-order valence-electron chi connectivity index (χ3n) is 5.66. The number of rotatable bonds is 8. The fourth-order valence-corrected chi connectivity index (χ4v) is 4.30. The molecule has 34 heavy (non-hydrogen) atoms. The highest BCUT2D eigenvalue weighted by Gasteiger charge is 2.41. The lowest BCUT2D eigenvalue weighted by atomic mass is 9.99. The van der Waals surface area contributed by atoms with Gasteiger partial charge < -0.3 is 19.9 Å². The molecule has 0 bridgehead atoms. The Morgan fingerprint density at radius 2 is 1.56 bits per heavy atom. The van der Waals surface area contributed by atoms with Crippen LogP contribution in [-0.2, 0) is 14.3 Å². The van der Waals surface area contributed by atoms with E-state index in [0.717, 1.165) is 22.3 Å². The van der Waals surface area contributed by atoms with Crippen LogP contribution in [0.2, 0.25) is 0 Å². The number of alkyl carbamates (subject to hydrolysis) is 1. The normalized spacial score (nSPS) is 13.4. The van der Waals surface area contributed by atoms with Crippen LogP contribution in [0.5, 0.6) is 0 Å². The molecule has 1 aliphatic rings. The molecule has 3 rings (SSSR count). The van der Waals surface area contributed by atoms with Crippen molar-refractivity contribution in [3.05, 3.63) is 59.7 Å². The van der Waals surface area contributed by atoms with Gasteiger partial charge in [0.25, 0.3) is 0 Å². The van der Waals surface area contributed by atoms with Crippen molar-refractivity contribution in [2.24, 2.45) is 0 Å². The molecule has 0 fully saturated rings. The Morgan fingerprint density at radius 1 is 1.00 bits per heavy atom. The topological polar surface area (TPSA) is 105 Å². The van der Waals surface area contributed by atoms with Crippen molar-refractivity contribution in [3.63, 3.8) is 0 Å². The smallest absolute Gasteiger partial charge is 0.411 e. The van der Waals surface area contributed by atoms with E-state index in [9.17, 15) is 19.5 Å². The van der Waals surface area contributed by atoms with Gasteiger partial charge in [-0.2, -0.15) is 0 Å². The molecular formula is C26H32N2O6. The number of ether oxygens (including phenoxy) is 2. The van der Waals surface area contributed by atoms with Crippen LogP contribution < -0.4 is 5.32 Å². The second-order valence-corrected chi connectivity index (χ2v) is 9.23. The summed E-state index contributed by atoms with van der Waals surface area (Å²) in [5.41, 5.74) is 3.09. The summed E-state index contributed by atoms with van der Waals surface area (Å²) in [4.78, 5) is 38.4. The Kier molecular flexibility index (Phi) is 7.81. The number of nitrogens with zero attached hydrogens (tertiary/aromatic N) is 1. The third-order valence-corrected chi connectivity index (χ3v) is 5.66. The van der Waals surface area contributed by atoms with Crippen LogP contribution in [0.4, 0.5) is 9.59 Å². The number of hydrogen-bond donors (Lipinski definition) is 2. The van der Waals surface area contributed by atoms with Crippen molar-refractivity contribution >= 4 is 18.2 Å². The molecule has 1 atom stereocenters. The van der Waals surface area contributed by atoms with E-state index in [4.69, 9.17) is 9.47 Å². The molecule has 0 spiro atoms. The van der Waals surface area contributed by atoms with Gasteiger partial charge in [0.15, 0.2) is 0 Å². The van der Waals surface area contributed by atoms with Crippen molar-refractivity contribution in [2.75, 3.05) is 13.7 Å². The molecule has 2 aromatic rings. The van der Waals surface area contributed by atoms with Gasteiger partial charge in [-0.05, 0) is 62.3 Å². The molecule has 0 aliphatic heterocycles. The van der Waals surface area contributed by atoms with E-state index in [0.29, 0.717) is 19.4 Å². The van der Waals surface area contributed by atoms with Crippen molar-refractivity contribution in [2.45, 2.75) is 57.7 Å². The van der Waals surface area contributed by atoms with Gasteiger partial charge in [-0.3, -0.25) is 4.90 Å². The molecular weight excluding hydrogens is 436 g/mol. The molecule has 2 aromatic carbocycles. The first-order valence-corrected chi connectivity index (χ1v) is 11.4. The first-order chi connectivity index (χ1) is 16.1. The van der Waals surface area contributed by atoms with Crippen LogP contribution >= 0.6 is 0 Å². The van der Waals surface area contributed by atoms with Gasteiger partial charge in [-0.15, -0.1) is 0 Å². The lowest BCUT2D eigenvalue weighted by molar-refractivity contribution is -0.143. The summed E-state index contributed by atoms with van der Waals surface area (Å²) in [5, 5.41) is 12.8. The maximum Gasteiger partial charge on any atom is 0.411 e. The predicted octanol–water partition coefficient (Wildman–Crippen LogP) is 4.97. The molecule has 1 aliphatic carbocycles. The Balaban J connectivity index is 1.78. The summed E-state index contributed by atoms with van der Waals surface area (Å²) >= 11 is 0. The van der Waals surface area contributed by atoms with Crippen LogP contribution in [0, 0.1) is 0 Å². The molecule has 0 radical (unpaired) electrons. The van der Waals surface area contributed by atoms with Crippen LogP contribution in [0.15, 0.2) is 48.5 Å². The number of carbonyl (C=O) groups excluding carboxylic acids is 2. The van der Waals surface area contributed by atoms with Gasteiger partial charge in [0.2, 0.25) is 0 Å². The summed E-state index contributed by atoms with van der Waals surface area (Å²) in [6, 6.07) is 13.7. The summed E-state index contributed by atoms with van der Waals surface area (Å²) in [6.45, 7) is 5.69. The van der Waals surface area contributed by atoms with E-state index in [1.165, 1.54) is 12.0 Å². The molecule has 2 N–H and O–H groups in total. The van der Waals surface area contributed by atoms with Crippen molar-refractivity contribution in [1.82, 2.24) is 10.2 Å². The third kappa shape index (κ3) is 5.68. The number of benzene rings is 2. The van der Waals surface area contributed by atoms with E-state index in [-0.39, 0.29) is 6.42 Å². The first-order valence-electron chi connectivity index (χ1n) is 11.4. The quantitative estimate of drug-likeness (QED) is 0.530. The van der Waals surface area contributed by atoms with E-state index in [1.807, 2.05) is 48.5 Å². The summed E-state index contributed by atoms with van der Waals surface area (Å²) in [5.74, 6) is -1.10. The number of fused-ring (bicyclic) bond motifs is 3. The minimum absolute atomic E-state index is 0.210. The van der Waals surface area contributed by atoms with E-state index in [2.05, 4.69) is 5.32 Å². The van der Waals surface area contributed by atoms with Gasteiger partial charge in [0.05, 0.1) is 13.2 Å². The molecule has 0 saturated carbocycles. The molecule has 0 heterocycles. The van der Waals surface area contributed by atoms with Gasteiger partial charge in [-0.1, -0.05) is 48.5 Å². The van der Waals surface area contributed by atoms with Crippen molar-refractivity contribution in [1.29, 1.82) is 0 Å². The molecule has 2 amide bonds. The van der Waals surface area contributed by atoms with Crippen LogP contribution in [0.25, 0.3) is 11.1 Å². The highest BCUT2D eigenvalue weighted by atomic mass is 16.6. The average molecular weight is 469 g/mol. The lowest BCUT2D eigenvalue weighted by Gasteiger charge is -2.34. The number of hydrogen-bond acceptors (Lipinski definition) is 5. The van der Waals surface area contributed by atoms with E-state index >= 15 is 0 Å². The number of nitrogens with one attached hydrogen (secondary N) is 1. The van der Waals surface area contributed by atoms with E-state index < -0.39 is 35.8 Å². The summed E-state index contributed by atoms with van der Waals surface area (Å²) < 4.78 is 10.2. The largest absolute Gasteiger partial charge is 0.480 e. The molecule has 8 heteroatoms. The van der Waals surface area contributed by atoms with Gasteiger partial charge >= 0.3 is 18.2 Å². The maximum absolute atomic E-state index is 12.9. The van der Waals surface area contributed by atoms with E-state index in [1.54, 1.807) is 20.8 Å². The van der Waals surface area contributed by atoms with Crippen molar-refractivity contribution in [3.8, 4) is 11.1 Å². The van der Waals surface area contributed by atoms with Gasteiger partial charge in [0.1, 0.15) is 11.6 Å². The number of carbonyl (C=O) groups is 3. The number of unbranched alkanes of at least 4 members (excludes halogenated alkanes) is 1. The number of carboxylic acid groups (broad SMARTS) is 1. The van der Waals surface area contributed by atoms with Crippen LogP contribution in [-0.4, -0.2) is 53.5 Å².